The van der Waals surface area contributed by atoms with Crippen molar-refractivity contribution >= 4 is 101 Å². The monoisotopic (exact) mass is 1050 g/mol. The molecule has 60 heavy (non-hydrogen) atoms. The Labute approximate surface area is 375 Å². The lowest BCUT2D eigenvalue weighted by Gasteiger charge is -2.31. The van der Waals surface area contributed by atoms with Crippen LogP contribution in [0, 0.1) is 17.8 Å². The first kappa shape index (κ1) is 54.0. The highest BCUT2D eigenvalue weighted by Crippen LogP contribution is 2.01. The molecule has 27 heteroatoms. The molecular formula is C33H60Br3N15O9. The zero-order valence-electron chi connectivity index (χ0n) is 34.8. The van der Waals surface area contributed by atoms with Gasteiger partial charge in [-0.1, -0.05) is 89.3 Å². The van der Waals surface area contributed by atoms with Crippen LogP contribution in [-0.2, 0) is 28.8 Å². The fourth-order valence-corrected chi connectivity index (χ4v) is 5.75. The lowest BCUT2D eigenvalue weighted by atomic mass is 10.2. The van der Waals surface area contributed by atoms with E-state index in [-0.39, 0.29) is 57.0 Å². The van der Waals surface area contributed by atoms with Crippen molar-refractivity contribution in [3.05, 3.63) is 0 Å². The molecule has 1 aliphatic heterocycles. The Hall–Kier alpha value is -4.05. The summed E-state index contributed by atoms with van der Waals surface area (Å²) in [6, 6.07) is -2.53. The SMILES string of the molecule is CC(C)CN1CC(=O)NN(C(=O)NCCBr)CC(=O)NN(CC(C)C)CC(=O)NN(C(=O)NCCBr)CC(=O)NN(CC(C)C)CC(=O)NN(C(=O)NCCBr)CC(=O)N1. The molecule has 0 unspecified atom stereocenters. The maximum absolute atomic E-state index is 13.4. The van der Waals surface area contributed by atoms with Crippen LogP contribution in [0.5, 0.6) is 0 Å². The van der Waals surface area contributed by atoms with Crippen LogP contribution in [0.3, 0.4) is 0 Å². The predicted molar refractivity (Wildman–Crippen MR) is 230 cm³/mol. The Morgan fingerprint density at radius 3 is 0.850 bits per heavy atom. The first-order valence-electron chi connectivity index (χ1n) is 19.1. The summed E-state index contributed by atoms with van der Waals surface area (Å²) in [5.74, 6) is -5.16. The zero-order chi connectivity index (χ0) is 45.4. The van der Waals surface area contributed by atoms with Gasteiger partial charge in [0.05, 0.1) is 19.6 Å². The highest BCUT2D eigenvalue weighted by atomic mass is 79.9. The van der Waals surface area contributed by atoms with E-state index >= 15 is 0 Å². The molecule has 1 saturated heterocycles. The second-order valence-electron chi connectivity index (χ2n) is 14.6. The van der Waals surface area contributed by atoms with Gasteiger partial charge in [-0.3, -0.25) is 61.3 Å². The Morgan fingerprint density at radius 2 is 0.650 bits per heavy atom. The average molecular weight is 1050 g/mol. The molecule has 0 aromatic carbocycles. The van der Waals surface area contributed by atoms with Crippen molar-refractivity contribution in [2.45, 2.75) is 41.5 Å². The highest BCUT2D eigenvalue weighted by Gasteiger charge is 2.28. The minimum Gasteiger partial charge on any atom is -0.336 e. The quantitative estimate of drug-likeness (QED) is 0.0989. The van der Waals surface area contributed by atoms with Crippen LogP contribution >= 0.6 is 47.8 Å². The number of nitrogens with zero attached hydrogens (tertiary/aromatic N) is 6. The third-order valence-electron chi connectivity index (χ3n) is 7.14. The molecule has 9 N–H and O–H groups in total. The van der Waals surface area contributed by atoms with Crippen molar-refractivity contribution in [3.63, 3.8) is 0 Å². The van der Waals surface area contributed by atoms with Gasteiger partial charge in [0.1, 0.15) is 19.6 Å². The Bertz CT molecular complexity index is 1240. The molecule has 1 aliphatic rings. The van der Waals surface area contributed by atoms with Gasteiger partial charge in [0, 0.05) is 55.3 Å². The molecule has 0 aliphatic carbocycles. The van der Waals surface area contributed by atoms with Crippen molar-refractivity contribution in [1.82, 2.24) is 78.6 Å². The number of hydrazine groups is 6. The molecule has 0 bridgehead atoms. The van der Waals surface area contributed by atoms with Gasteiger partial charge >= 0.3 is 18.1 Å². The lowest BCUT2D eigenvalue weighted by Crippen LogP contribution is -2.61. The molecule has 0 radical (unpaired) electrons. The van der Waals surface area contributed by atoms with E-state index in [4.69, 9.17) is 0 Å². The number of carbonyl (C=O) groups excluding carboxylic acids is 9. The van der Waals surface area contributed by atoms with Crippen LogP contribution in [0.2, 0.25) is 0 Å². The summed E-state index contributed by atoms with van der Waals surface area (Å²) in [5, 5.41) is 14.6. The molecule has 12 amide bonds. The van der Waals surface area contributed by atoms with E-state index in [9.17, 15) is 43.2 Å². The molecule has 1 heterocycles. The first-order chi connectivity index (χ1) is 28.3. The lowest BCUT2D eigenvalue weighted by molar-refractivity contribution is -0.133. The van der Waals surface area contributed by atoms with E-state index in [1.54, 1.807) is 0 Å². The molecular weight excluding hydrogens is 990 g/mol. The first-order valence-corrected chi connectivity index (χ1v) is 22.5. The van der Waals surface area contributed by atoms with Gasteiger partial charge < -0.3 is 16.0 Å². The number of hydrogen-bond donors (Lipinski definition) is 9. The van der Waals surface area contributed by atoms with Gasteiger partial charge in [-0.05, 0) is 17.8 Å². The minimum atomic E-state index is -0.844. The molecule has 0 spiro atoms. The summed E-state index contributed by atoms with van der Waals surface area (Å²) in [5.41, 5.74) is 14.8. The van der Waals surface area contributed by atoms with Gasteiger partial charge in [-0.2, -0.15) is 0 Å². The van der Waals surface area contributed by atoms with Crippen LogP contribution in [0.4, 0.5) is 14.4 Å². The number of rotatable bonds is 12. The summed E-state index contributed by atoms with van der Waals surface area (Å²) in [7, 11) is 0. The summed E-state index contributed by atoms with van der Waals surface area (Å²) >= 11 is 9.62. The summed E-state index contributed by atoms with van der Waals surface area (Å²) < 4.78 is 0. The van der Waals surface area contributed by atoms with E-state index in [1.165, 1.54) is 15.0 Å². The smallest absolute Gasteiger partial charge is 0.336 e. The number of carbonyl (C=O) groups is 9. The van der Waals surface area contributed by atoms with E-state index in [0.717, 1.165) is 15.0 Å². The zero-order valence-corrected chi connectivity index (χ0v) is 39.6. The maximum Gasteiger partial charge on any atom is 0.336 e. The van der Waals surface area contributed by atoms with Gasteiger partial charge in [0.2, 0.25) is 0 Å². The molecule has 0 saturated carbocycles. The molecule has 24 nitrogen and oxygen atoms in total. The van der Waals surface area contributed by atoms with Crippen LogP contribution < -0.4 is 48.5 Å². The average Bonchev–Trinajstić information content (AvgIpc) is 3.12. The number of urea groups is 3. The molecule has 1 fully saturated rings. The highest BCUT2D eigenvalue weighted by molar-refractivity contribution is 9.09. The van der Waals surface area contributed by atoms with Crippen LogP contribution in [0.15, 0.2) is 0 Å². The molecule has 0 aromatic heterocycles. The third kappa shape index (κ3) is 23.7. The summed E-state index contributed by atoms with van der Waals surface area (Å²) in [6.45, 7) is 7.99. The number of alkyl halides is 3. The van der Waals surface area contributed by atoms with Crippen LogP contribution in [0.25, 0.3) is 0 Å². The normalized spacial score (nSPS) is 17.3. The van der Waals surface area contributed by atoms with Crippen molar-refractivity contribution in [2.75, 3.05) is 94.5 Å². The van der Waals surface area contributed by atoms with Crippen molar-refractivity contribution < 1.29 is 43.2 Å². The minimum absolute atomic E-state index is 0.103. The Kier molecular flexibility index (Phi) is 26.3. The topological polar surface area (TPSA) is 281 Å². The molecule has 0 aromatic rings. The van der Waals surface area contributed by atoms with E-state index in [2.05, 4.69) is 96.3 Å². The van der Waals surface area contributed by atoms with Crippen molar-refractivity contribution in [2.24, 2.45) is 17.8 Å². The largest absolute Gasteiger partial charge is 0.336 e. The fraction of sp³-hybridized carbons (Fsp3) is 0.727. The number of halogens is 3. The van der Waals surface area contributed by atoms with Gasteiger partial charge in [-0.25, -0.2) is 44.4 Å². The fourth-order valence-electron chi connectivity index (χ4n) is 5.15. The number of nitrogens with one attached hydrogen (secondary N) is 9. The Morgan fingerprint density at radius 1 is 0.433 bits per heavy atom. The molecule has 0 atom stereocenters. The number of hydrogen-bond acceptors (Lipinski definition) is 12. The predicted octanol–water partition coefficient (Wildman–Crippen LogP) is -1.72. The number of amides is 12. The second kappa shape index (κ2) is 29.2. The van der Waals surface area contributed by atoms with E-state index < -0.39 is 92.8 Å². The van der Waals surface area contributed by atoms with Crippen molar-refractivity contribution in [1.29, 1.82) is 0 Å². The van der Waals surface area contributed by atoms with E-state index in [1.807, 2.05) is 41.5 Å². The standard InChI is InChI=1S/C33H60Br3N15O9/c1-22(2)13-46-16-25(52)43-50(32(59)38-11-8-35)20-29(56)41-48(15-24(5)6)18-27(54)45-51(33(60)39-12-9-36)21-30(57)42-47(14-23(3)4)17-26(53)44-49(19-28(55)40-46)31(58)37-10-7-34/h22-24H,7-21H2,1-6H3,(H,37,58)(H,38,59)(H,39,60)(H,40,55)(H,41,56)(H,42,57)(H,43,52)(H,44,53)(H,45,54). The van der Waals surface area contributed by atoms with Gasteiger partial charge in [-0.15, -0.1) is 0 Å². The Balaban J connectivity index is 3.70. The summed E-state index contributed by atoms with van der Waals surface area (Å²) in [4.78, 5) is 120. The second-order valence-corrected chi connectivity index (χ2v) is 16.9. The molecule has 1 rings (SSSR count). The summed E-state index contributed by atoms with van der Waals surface area (Å²) in [6.07, 6.45) is 0. The van der Waals surface area contributed by atoms with Gasteiger partial charge in [0.15, 0.2) is 0 Å². The van der Waals surface area contributed by atoms with Crippen LogP contribution in [-0.4, -0.2) is 178 Å². The van der Waals surface area contributed by atoms with E-state index in [0.29, 0.717) is 16.0 Å². The third-order valence-corrected chi connectivity index (χ3v) is 8.33. The molecule has 342 valence electrons. The van der Waals surface area contributed by atoms with Crippen molar-refractivity contribution in [3.8, 4) is 0 Å². The van der Waals surface area contributed by atoms with Gasteiger partial charge in [0.25, 0.3) is 35.4 Å². The maximum atomic E-state index is 13.4. The van der Waals surface area contributed by atoms with Crippen LogP contribution in [0.1, 0.15) is 41.5 Å².